The van der Waals surface area contributed by atoms with Crippen LogP contribution >= 0.6 is 0 Å². The quantitative estimate of drug-likeness (QED) is 0.726. The van der Waals surface area contributed by atoms with E-state index in [1.165, 1.54) is 17.2 Å². The first-order chi connectivity index (χ1) is 13.5. The molecule has 2 aromatic carbocycles. The summed E-state index contributed by atoms with van der Waals surface area (Å²) < 4.78 is 33.1. The average molecular weight is 384 g/mol. The van der Waals surface area contributed by atoms with E-state index in [9.17, 15) is 18.7 Å². The molecule has 7 heteroatoms. The Balaban J connectivity index is 1.65. The van der Waals surface area contributed by atoms with Gasteiger partial charge in [0.25, 0.3) is 0 Å². The van der Waals surface area contributed by atoms with Gasteiger partial charge in [0, 0.05) is 19.2 Å². The predicted molar refractivity (Wildman–Crippen MR) is 98.9 cm³/mol. The van der Waals surface area contributed by atoms with Gasteiger partial charge < -0.3 is 14.4 Å². The maximum atomic E-state index is 14.4. The summed E-state index contributed by atoms with van der Waals surface area (Å²) in [5.74, 6) is -0.929. The van der Waals surface area contributed by atoms with Gasteiger partial charge >= 0.3 is 6.03 Å². The fourth-order valence-electron chi connectivity index (χ4n) is 3.39. The van der Waals surface area contributed by atoms with Crippen LogP contribution in [0, 0.1) is 11.6 Å². The number of halogens is 2. The van der Waals surface area contributed by atoms with Gasteiger partial charge in [0.2, 0.25) is 0 Å². The largest absolute Gasteiger partial charge is 0.508 e. The number of aromatic hydroxyl groups is 1. The van der Waals surface area contributed by atoms with E-state index in [4.69, 9.17) is 4.42 Å². The molecule has 0 radical (unpaired) electrons. The summed E-state index contributed by atoms with van der Waals surface area (Å²) in [5.41, 5.74) is 1.88. The molecule has 144 valence electrons. The Labute approximate surface area is 160 Å². The van der Waals surface area contributed by atoms with E-state index in [1.807, 2.05) is 6.07 Å². The third kappa shape index (κ3) is 3.55. The van der Waals surface area contributed by atoms with Crippen molar-refractivity contribution in [2.24, 2.45) is 0 Å². The molecule has 4 rings (SSSR count). The van der Waals surface area contributed by atoms with Crippen LogP contribution in [0.25, 0.3) is 0 Å². The molecule has 0 fully saturated rings. The van der Waals surface area contributed by atoms with Crippen LogP contribution in [0.1, 0.15) is 16.9 Å². The van der Waals surface area contributed by atoms with Crippen molar-refractivity contribution in [2.75, 3.05) is 11.4 Å². The lowest BCUT2D eigenvalue weighted by Crippen LogP contribution is -2.45. The number of benzene rings is 2. The van der Waals surface area contributed by atoms with Crippen molar-refractivity contribution in [1.29, 1.82) is 0 Å². The first kappa shape index (κ1) is 18.0. The van der Waals surface area contributed by atoms with Gasteiger partial charge in [-0.1, -0.05) is 6.07 Å². The third-order valence-corrected chi connectivity index (χ3v) is 4.80. The van der Waals surface area contributed by atoms with Crippen LogP contribution in [0.5, 0.6) is 5.75 Å². The number of hydrogen-bond acceptors (Lipinski definition) is 3. The smallest absolute Gasteiger partial charge is 0.325 e. The van der Waals surface area contributed by atoms with Crippen LogP contribution in [-0.4, -0.2) is 22.6 Å². The van der Waals surface area contributed by atoms with E-state index >= 15 is 0 Å². The first-order valence-corrected chi connectivity index (χ1v) is 8.86. The summed E-state index contributed by atoms with van der Waals surface area (Å²) in [4.78, 5) is 16.1. The molecule has 0 unspecified atom stereocenters. The lowest BCUT2D eigenvalue weighted by Gasteiger charge is -2.34. The van der Waals surface area contributed by atoms with Gasteiger partial charge in [-0.2, -0.15) is 0 Å². The fourth-order valence-corrected chi connectivity index (χ4v) is 3.39. The Hall–Kier alpha value is -3.35. The minimum atomic E-state index is -0.824. The monoisotopic (exact) mass is 384 g/mol. The third-order valence-electron chi connectivity index (χ3n) is 4.80. The van der Waals surface area contributed by atoms with E-state index in [0.29, 0.717) is 25.3 Å². The van der Waals surface area contributed by atoms with Crippen LogP contribution in [0.3, 0.4) is 0 Å². The normalized spacial score (nSPS) is 13.3. The van der Waals surface area contributed by atoms with Crippen molar-refractivity contribution in [3.8, 4) is 5.75 Å². The zero-order valence-corrected chi connectivity index (χ0v) is 14.9. The van der Waals surface area contributed by atoms with Crippen molar-refractivity contribution in [3.63, 3.8) is 0 Å². The van der Waals surface area contributed by atoms with Gasteiger partial charge in [0.15, 0.2) is 0 Å². The molecule has 0 aliphatic carbocycles. The number of phenols is 1. The van der Waals surface area contributed by atoms with Crippen LogP contribution in [0.2, 0.25) is 0 Å². The highest BCUT2D eigenvalue weighted by Gasteiger charge is 2.28. The highest BCUT2D eigenvalue weighted by molar-refractivity contribution is 5.92. The van der Waals surface area contributed by atoms with Crippen molar-refractivity contribution in [3.05, 3.63) is 83.3 Å². The molecular formula is C21H18F2N2O3. The molecule has 1 N–H and O–H groups in total. The number of hydrogen-bond donors (Lipinski definition) is 1. The predicted octanol–water partition coefficient (Wildman–Crippen LogP) is 4.45. The van der Waals surface area contributed by atoms with E-state index in [-0.39, 0.29) is 18.0 Å². The molecule has 2 amide bonds. The zero-order valence-electron chi connectivity index (χ0n) is 14.9. The number of fused-ring (bicyclic) bond motifs is 1. The van der Waals surface area contributed by atoms with E-state index in [1.54, 1.807) is 29.2 Å². The van der Waals surface area contributed by atoms with Crippen molar-refractivity contribution >= 4 is 11.7 Å². The van der Waals surface area contributed by atoms with Crippen molar-refractivity contribution < 1.29 is 23.1 Å². The van der Waals surface area contributed by atoms with Gasteiger partial charge in [-0.25, -0.2) is 13.6 Å². The SMILES string of the molecule is O=C(N1CCc2ccc(O)cc2C1)N(Cc1ccco1)c1ccc(F)cc1F. The minimum Gasteiger partial charge on any atom is -0.508 e. The molecular weight excluding hydrogens is 366 g/mol. The Bertz CT molecular complexity index is 1000. The minimum absolute atomic E-state index is 0.0117. The number of furan rings is 1. The topological polar surface area (TPSA) is 56.9 Å². The standard InChI is InChI=1S/C21H18F2N2O3/c22-16-4-6-20(19(23)11-16)25(13-18-2-1-9-28-18)21(27)24-8-7-14-3-5-17(26)10-15(14)12-24/h1-6,9-11,26H,7-8,12-13H2. The maximum Gasteiger partial charge on any atom is 0.325 e. The Kier molecular flexibility index (Phi) is 4.73. The second kappa shape index (κ2) is 7.34. The van der Waals surface area contributed by atoms with Gasteiger partial charge in [-0.05, 0) is 53.9 Å². The Morgan fingerprint density at radius 2 is 2.00 bits per heavy atom. The second-order valence-corrected chi connectivity index (χ2v) is 6.67. The van der Waals surface area contributed by atoms with Gasteiger partial charge in [-0.15, -0.1) is 0 Å². The summed E-state index contributed by atoms with van der Waals surface area (Å²) in [7, 11) is 0. The number of phenolic OH excluding ortho intramolecular Hbond substituents is 1. The van der Waals surface area contributed by atoms with E-state index in [0.717, 1.165) is 23.3 Å². The molecule has 1 aromatic heterocycles. The number of rotatable bonds is 3. The average Bonchev–Trinajstić information content (AvgIpc) is 3.19. The molecule has 0 saturated heterocycles. The van der Waals surface area contributed by atoms with Crippen LogP contribution in [-0.2, 0) is 19.5 Å². The van der Waals surface area contributed by atoms with E-state index in [2.05, 4.69) is 0 Å². The highest BCUT2D eigenvalue weighted by atomic mass is 19.1. The number of carbonyl (C=O) groups is 1. The first-order valence-electron chi connectivity index (χ1n) is 8.86. The van der Waals surface area contributed by atoms with Crippen molar-refractivity contribution in [1.82, 2.24) is 4.90 Å². The number of urea groups is 1. The van der Waals surface area contributed by atoms with Crippen LogP contribution < -0.4 is 4.90 Å². The van der Waals surface area contributed by atoms with Crippen LogP contribution in [0.15, 0.2) is 59.2 Å². The molecule has 28 heavy (non-hydrogen) atoms. The number of anilines is 1. The molecule has 0 atom stereocenters. The number of amides is 2. The summed E-state index contributed by atoms with van der Waals surface area (Å²) in [5, 5.41) is 9.72. The Morgan fingerprint density at radius 1 is 1.14 bits per heavy atom. The summed E-state index contributed by atoms with van der Waals surface area (Å²) in [6, 6.07) is 11.1. The van der Waals surface area contributed by atoms with Gasteiger partial charge in [0.1, 0.15) is 23.1 Å². The lowest BCUT2D eigenvalue weighted by molar-refractivity contribution is 0.198. The lowest BCUT2D eigenvalue weighted by atomic mass is 10.00. The molecule has 1 aliphatic heterocycles. The summed E-state index contributed by atoms with van der Waals surface area (Å²) in [6.07, 6.45) is 2.10. The summed E-state index contributed by atoms with van der Waals surface area (Å²) >= 11 is 0. The summed E-state index contributed by atoms with van der Waals surface area (Å²) in [6.45, 7) is 0.756. The molecule has 1 aliphatic rings. The highest BCUT2D eigenvalue weighted by Crippen LogP contribution is 2.28. The second-order valence-electron chi connectivity index (χ2n) is 6.67. The Morgan fingerprint density at radius 3 is 2.75 bits per heavy atom. The molecule has 3 aromatic rings. The number of carbonyl (C=O) groups excluding carboxylic acids is 1. The molecule has 0 spiro atoms. The fraction of sp³-hybridized carbons (Fsp3) is 0.190. The molecule has 0 saturated carbocycles. The zero-order chi connectivity index (χ0) is 19.7. The van der Waals surface area contributed by atoms with Gasteiger partial charge in [-0.3, -0.25) is 4.90 Å². The molecule has 5 nitrogen and oxygen atoms in total. The maximum absolute atomic E-state index is 14.4. The number of nitrogens with zero attached hydrogens (tertiary/aromatic N) is 2. The van der Waals surface area contributed by atoms with E-state index < -0.39 is 17.7 Å². The van der Waals surface area contributed by atoms with Crippen molar-refractivity contribution in [2.45, 2.75) is 19.5 Å². The van der Waals surface area contributed by atoms with Crippen LogP contribution in [0.4, 0.5) is 19.3 Å². The molecule has 0 bridgehead atoms. The molecule has 2 heterocycles. The van der Waals surface area contributed by atoms with Gasteiger partial charge in [0.05, 0.1) is 18.5 Å².